The molecule has 0 spiro atoms. The third kappa shape index (κ3) is 3.93. The second kappa shape index (κ2) is 8.13. The van der Waals surface area contributed by atoms with Gasteiger partial charge in [-0.15, -0.1) is 0 Å². The van der Waals surface area contributed by atoms with Crippen molar-refractivity contribution in [3.05, 3.63) is 0 Å². The zero-order chi connectivity index (χ0) is 18.1. The smallest absolute Gasteiger partial charge is 0.223 e. The number of nitrogens with one attached hydrogen (secondary N) is 4. The van der Waals surface area contributed by atoms with Crippen LogP contribution in [0, 0.1) is 23.7 Å². The Morgan fingerprint density at radius 3 is 2.73 bits per heavy atom. The molecule has 4 fully saturated rings. The summed E-state index contributed by atoms with van der Waals surface area (Å²) in [7, 11) is 0. The number of fused-ring (bicyclic) bond motifs is 1. The Kier molecular flexibility index (Phi) is 5.84. The molecule has 2 aliphatic heterocycles. The lowest BCUT2D eigenvalue weighted by Crippen LogP contribution is -2.49. The summed E-state index contributed by atoms with van der Waals surface area (Å²) in [6.45, 7) is 5.37. The summed E-state index contributed by atoms with van der Waals surface area (Å²) in [4.78, 5) is 18.5. The molecule has 2 saturated heterocycles. The van der Waals surface area contributed by atoms with Gasteiger partial charge in [-0.1, -0.05) is 6.92 Å². The van der Waals surface area contributed by atoms with Gasteiger partial charge in [-0.25, -0.2) is 0 Å². The average Bonchev–Trinajstić information content (AvgIpc) is 3.28. The van der Waals surface area contributed by atoms with Crippen molar-refractivity contribution in [2.24, 2.45) is 23.7 Å². The summed E-state index contributed by atoms with van der Waals surface area (Å²) < 4.78 is 0. The average molecular weight is 365 g/mol. The summed E-state index contributed by atoms with van der Waals surface area (Å²) >= 11 is 0. The predicted octanol–water partition coefficient (Wildman–Crippen LogP) is 1.87. The van der Waals surface area contributed by atoms with Crippen LogP contribution in [0.25, 0.3) is 0 Å². The van der Waals surface area contributed by atoms with E-state index in [9.17, 15) is 4.79 Å². The lowest BCUT2D eigenvalue weighted by atomic mass is 9.72. The highest BCUT2D eigenvalue weighted by Crippen LogP contribution is 2.48. The number of carbonyl (C=O) groups is 1. The fourth-order valence-electron chi connectivity index (χ4n) is 5.85. The number of hydroxylamine groups is 1. The van der Waals surface area contributed by atoms with Gasteiger partial charge in [0, 0.05) is 18.0 Å². The lowest BCUT2D eigenvalue weighted by molar-refractivity contribution is -0.127. The predicted molar refractivity (Wildman–Crippen MR) is 101 cm³/mol. The number of piperidine rings is 1. The number of rotatable bonds is 4. The minimum atomic E-state index is 0.146. The van der Waals surface area contributed by atoms with Crippen molar-refractivity contribution in [1.29, 1.82) is 0 Å². The van der Waals surface area contributed by atoms with E-state index in [1.165, 1.54) is 25.7 Å². The molecule has 0 aromatic rings. The molecule has 2 saturated carbocycles. The van der Waals surface area contributed by atoms with Crippen molar-refractivity contribution < 1.29 is 9.63 Å². The molecule has 2 aliphatic carbocycles. The summed E-state index contributed by atoms with van der Waals surface area (Å²) in [5, 5.41) is 10.4. The SMILES string of the molecule is CCC1NC(C2CCC3C(CC[C@H]3C(=O)NC3CCNC(C)C3)C2)NO1. The van der Waals surface area contributed by atoms with Crippen LogP contribution < -0.4 is 21.4 Å². The molecule has 0 bridgehead atoms. The molecule has 4 N–H and O–H groups in total. The molecule has 148 valence electrons. The fraction of sp³-hybridized carbons (Fsp3) is 0.950. The molecule has 0 aromatic carbocycles. The van der Waals surface area contributed by atoms with E-state index in [-0.39, 0.29) is 18.3 Å². The molecular weight excluding hydrogens is 328 g/mol. The zero-order valence-electron chi connectivity index (χ0n) is 16.3. The first-order valence-corrected chi connectivity index (χ1v) is 10.8. The molecule has 0 radical (unpaired) electrons. The van der Waals surface area contributed by atoms with E-state index in [1.807, 2.05) is 0 Å². The summed E-state index contributed by atoms with van der Waals surface area (Å²) in [6.07, 6.45) is 9.44. The zero-order valence-corrected chi connectivity index (χ0v) is 16.3. The molecule has 7 unspecified atom stereocenters. The molecule has 1 amide bonds. The maximum absolute atomic E-state index is 12.9. The third-order valence-electron chi connectivity index (χ3n) is 7.30. The van der Waals surface area contributed by atoms with Crippen LogP contribution in [0.1, 0.15) is 65.2 Å². The molecular formula is C20H36N4O2. The van der Waals surface area contributed by atoms with E-state index < -0.39 is 0 Å². The number of amides is 1. The van der Waals surface area contributed by atoms with Gasteiger partial charge in [0.25, 0.3) is 0 Å². The van der Waals surface area contributed by atoms with Gasteiger partial charge in [-0.2, -0.15) is 5.48 Å². The van der Waals surface area contributed by atoms with Crippen LogP contribution in [0.5, 0.6) is 0 Å². The Bertz CT molecular complexity index is 502. The summed E-state index contributed by atoms with van der Waals surface area (Å²) in [5.41, 5.74) is 3.20. The van der Waals surface area contributed by atoms with Crippen LogP contribution in [0.2, 0.25) is 0 Å². The number of hydrogen-bond acceptors (Lipinski definition) is 5. The molecule has 6 heteroatoms. The van der Waals surface area contributed by atoms with Crippen molar-refractivity contribution >= 4 is 5.91 Å². The third-order valence-corrected chi connectivity index (χ3v) is 7.30. The Morgan fingerprint density at radius 1 is 1.12 bits per heavy atom. The van der Waals surface area contributed by atoms with Crippen molar-refractivity contribution in [3.63, 3.8) is 0 Å². The van der Waals surface area contributed by atoms with Crippen LogP contribution in [-0.4, -0.2) is 36.9 Å². The fourth-order valence-corrected chi connectivity index (χ4v) is 5.85. The summed E-state index contributed by atoms with van der Waals surface area (Å²) in [5.74, 6) is 2.51. The van der Waals surface area contributed by atoms with Crippen LogP contribution in [0.3, 0.4) is 0 Å². The van der Waals surface area contributed by atoms with Gasteiger partial charge in [0.2, 0.25) is 5.91 Å². The highest BCUT2D eigenvalue weighted by molar-refractivity contribution is 5.79. The van der Waals surface area contributed by atoms with Crippen LogP contribution in [0.4, 0.5) is 0 Å². The standard InChI is InChI=1S/C20H36N4O2/c1-3-18-23-19(24-26-18)14-5-6-16-13(11-14)4-7-17(16)20(25)22-15-8-9-21-12(2)10-15/h12-19,21,23-24H,3-11H2,1-2H3,(H,22,25)/t12?,13?,14?,15?,16?,17-,18?,19?/m1/s1. The molecule has 8 atom stereocenters. The van der Waals surface area contributed by atoms with E-state index in [4.69, 9.17) is 4.84 Å². The first-order valence-electron chi connectivity index (χ1n) is 10.8. The van der Waals surface area contributed by atoms with Gasteiger partial charge in [0.1, 0.15) is 6.23 Å². The summed E-state index contributed by atoms with van der Waals surface area (Å²) in [6, 6.07) is 0.880. The van der Waals surface area contributed by atoms with E-state index in [0.29, 0.717) is 35.7 Å². The quantitative estimate of drug-likeness (QED) is 0.613. The number of carbonyl (C=O) groups excluding carboxylic acids is 1. The van der Waals surface area contributed by atoms with Crippen molar-refractivity contribution in [3.8, 4) is 0 Å². The minimum Gasteiger partial charge on any atom is -0.353 e. The minimum absolute atomic E-state index is 0.146. The Hall–Kier alpha value is -0.690. The molecule has 2 heterocycles. The first-order chi connectivity index (χ1) is 12.6. The second-order valence-corrected chi connectivity index (χ2v) is 9.04. The van der Waals surface area contributed by atoms with Crippen molar-refractivity contribution in [1.82, 2.24) is 21.4 Å². The topological polar surface area (TPSA) is 74.4 Å². The van der Waals surface area contributed by atoms with E-state index in [2.05, 4.69) is 35.3 Å². The normalized spacial score (nSPS) is 46.1. The van der Waals surface area contributed by atoms with Gasteiger partial charge >= 0.3 is 0 Å². The Labute approximate surface area is 157 Å². The second-order valence-electron chi connectivity index (χ2n) is 9.04. The van der Waals surface area contributed by atoms with E-state index in [1.54, 1.807) is 0 Å². The van der Waals surface area contributed by atoms with E-state index >= 15 is 0 Å². The molecule has 4 rings (SSSR count). The molecule has 26 heavy (non-hydrogen) atoms. The highest BCUT2D eigenvalue weighted by atomic mass is 16.7. The van der Waals surface area contributed by atoms with E-state index in [0.717, 1.165) is 32.2 Å². The Balaban J connectivity index is 1.29. The largest absolute Gasteiger partial charge is 0.353 e. The Morgan fingerprint density at radius 2 is 1.96 bits per heavy atom. The van der Waals surface area contributed by atoms with Gasteiger partial charge < -0.3 is 10.6 Å². The van der Waals surface area contributed by atoms with Crippen LogP contribution in [0.15, 0.2) is 0 Å². The maximum Gasteiger partial charge on any atom is 0.223 e. The van der Waals surface area contributed by atoms with Crippen molar-refractivity contribution in [2.45, 2.75) is 89.7 Å². The first kappa shape index (κ1) is 18.7. The number of hydrogen-bond donors (Lipinski definition) is 4. The maximum atomic E-state index is 12.9. The van der Waals surface area contributed by atoms with Gasteiger partial charge in [0.05, 0.1) is 6.17 Å². The molecule has 0 aromatic heterocycles. The molecule has 4 aliphatic rings. The monoisotopic (exact) mass is 364 g/mol. The van der Waals surface area contributed by atoms with Gasteiger partial charge in [-0.3, -0.25) is 14.9 Å². The van der Waals surface area contributed by atoms with Crippen LogP contribution in [-0.2, 0) is 9.63 Å². The lowest BCUT2D eigenvalue weighted by Gasteiger charge is -2.37. The van der Waals surface area contributed by atoms with Gasteiger partial charge in [-0.05, 0) is 82.6 Å². The van der Waals surface area contributed by atoms with Crippen LogP contribution >= 0.6 is 0 Å². The van der Waals surface area contributed by atoms with Crippen molar-refractivity contribution in [2.75, 3.05) is 6.54 Å². The van der Waals surface area contributed by atoms with Gasteiger partial charge in [0.15, 0.2) is 0 Å². The highest BCUT2D eigenvalue weighted by Gasteiger charge is 2.45. The molecule has 6 nitrogen and oxygen atoms in total.